The molecule has 1 aromatic carbocycles. The van der Waals surface area contributed by atoms with Crippen LogP contribution in [0.25, 0.3) is 0 Å². The summed E-state index contributed by atoms with van der Waals surface area (Å²) >= 11 is 1.44. The van der Waals surface area contributed by atoms with E-state index in [0.29, 0.717) is 0 Å². The first-order chi connectivity index (χ1) is 8.36. The zero-order valence-corrected chi connectivity index (χ0v) is 11.2. The summed E-state index contributed by atoms with van der Waals surface area (Å²) in [6, 6.07) is 4.65. The van der Waals surface area contributed by atoms with E-state index in [1.807, 2.05) is 13.2 Å². The molecule has 0 spiro atoms. The van der Waals surface area contributed by atoms with E-state index in [2.05, 4.69) is 5.10 Å². The number of primary sulfonamides is 1. The minimum absolute atomic E-state index is 0.0574. The van der Waals surface area contributed by atoms with Gasteiger partial charge in [-0.05, 0) is 18.2 Å². The molecule has 0 aliphatic carbocycles. The summed E-state index contributed by atoms with van der Waals surface area (Å²) in [5.74, 6) is 0. The van der Waals surface area contributed by atoms with Crippen molar-refractivity contribution >= 4 is 27.5 Å². The first-order valence-electron chi connectivity index (χ1n) is 4.95. The van der Waals surface area contributed by atoms with Crippen molar-refractivity contribution in [3.8, 4) is 0 Å². The Morgan fingerprint density at radius 3 is 2.56 bits per heavy atom. The maximum Gasteiger partial charge on any atom is 0.240 e. The maximum atomic E-state index is 11.2. The second kappa shape index (κ2) is 4.63. The Kier molecular flexibility index (Phi) is 3.33. The predicted octanol–water partition coefficient (Wildman–Crippen LogP) is 0.801. The van der Waals surface area contributed by atoms with Crippen LogP contribution in [-0.2, 0) is 17.1 Å². The Bertz CT molecular complexity index is 679. The molecule has 2 rings (SSSR count). The zero-order valence-electron chi connectivity index (χ0n) is 9.57. The van der Waals surface area contributed by atoms with Crippen molar-refractivity contribution < 1.29 is 8.42 Å². The summed E-state index contributed by atoms with van der Waals surface area (Å²) < 4.78 is 24.1. The molecule has 1 aromatic heterocycles. The van der Waals surface area contributed by atoms with Crippen molar-refractivity contribution in [1.82, 2.24) is 9.78 Å². The SMILES string of the molecule is Cn1cc(Sc2ccc(S(N)(=O)=O)c(N)c2)cn1. The van der Waals surface area contributed by atoms with E-state index in [1.165, 1.54) is 17.8 Å². The van der Waals surface area contributed by atoms with Crippen LogP contribution in [-0.4, -0.2) is 18.2 Å². The fraction of sp³-hybridized carbons (Fsp3) is 0.100. The number of nitrogen functional groups attached to an aromatic ring is 1. The molecular formula is C10H12N4O2S2. The van der Waals surface area contributed by atoms with Gasteiger partial charge >= 0.3 is 0 Å². The molecule has 0 saturated heterocycles. The van der Waals surface area contributed by atoms with Crippen LogP contribution in [0.1, 0.15) is 0 Å². The van der Waals surface area contributed by atoms with E-state index in [4.69, 9.17) is 10.9 Å². The highest BCUT2D eigenvalue weighted by Crippen LogP contribution is 2.30. The van der Waals surface area contributed by atoms with Crippen LogP contribution in [0.5, 0.6) is 0 Å². The largest absolute Gasteiger partial charge is 0.398 e. The highest BCUT2D eigenvalue weighted by Gasteiger charge is 2.12. The first-order valence-corrected chi connectivity index (χ1v) is 7.31. The molecule has 0 atom stereocenters. The van der Waals surface area contributed by atoms with Gasteiger partial charge in [-0.15, -0.1) is 0 Å². The van der Waals surface area contributed by atoms with Gasteiger partial charge in [-0.3, -0.25) is 4.68 Å². The van der Waals surface area contributed by atoms with Gasteiger partial charge < -0.3 is 5.73 Å². The van der Waals surface area contributed by atoms with E-state index in [1.54, 1.807) is 23.0 Å². The van der Waals surface area contributed by atoms with Crippen LogP contribution in [0.2, 0.25) is 0 Å². The van der Waals surface area contributed by atoms with Crippen LogP contribution >= 0.6 is 11.8 Å². The summed E-state index contributed by atoms with van der Waals surface area (Å²) in [4.78, 5) is 1.71. The van der Waals surface area contributed by atoms with Gasteiger partial charge in [-0.2, -0.15) is 5.10 Å². The standard InChI is InChI=1S/C10H12N4O2S2/c1-14-6-8(5-13-14)17-7-2-3-10(9(11)4-7)18(12,15)16/h2-6H,11H2,1H3,(H2,12,15,16). The van der Waals surface area contributed by atoms with Crippen molar-refractivity contribution in [2.75, 3.05) is 5.73 Å². The van der Waals surface area contributed by atoms with E-state index in [0.717, 1.165) is 9.79 Å². The lowest BCUT2D eigenvalue weighted by Crippen LogP contribution is -2.14. The lowest BCUT2D eigenvalue weighted by molar-refractivity contribution is 0.598. The van der Waals surface area contributed by atoms with Gasteiger partial charge in [0.05, 0.1) is 16.8 Å². The molecule has 96 valence electrons. The third-order valence-electron chi connectivity index (χ3n) is 2.20. The summed E-state index contributed by atoms with van der Waals surface area (Å²) in [5, 5.41) is 9.08. The molecule has 8 heteroatoms. The quantitative estimate of drug-likeness (QED) is 0.811. The Morgan fingerprint density at radius 2 is 2.06 bits per heavy atom. The first kappa shape index (κ1) is 12.9. The number of hydrogen-bond donors (Lipinski definition) is 2. The smallest absolute Gasteiger partial charge is 0.240 e. The minimum atomic E-state index is -3.77. The van der Waals surface area contributed by atoms with Gasteiger partial charge in [0.25, 0.3) is 0 Å². The third kappa shape index (κ3) is 2.84. The zero-order chi connectivity index (χ0) is 13.3. The molecule has 0 unspecified atom stereocenters. The topological polar surface area (TPSA) is 104 Å². The molecule has 2 aromatic rings. The van der Waals surface area contributed by atoms with Crippen LogP contribution in [0.4, 0.5) is 5.69 Å². The van der Waals surface area contributed by atoms with Crippen LogP contribution in [0, 0.1) is 0 Å². The number of benzene rings is 1. The fourth-order valence-corrected chi connectivity index (χ4v) is 2.98. The number of sulfonamides is 1. The van der Waals surface area contributed by atoms with Crippen molar-refractivity contribution in [1.29, 1.82) is 0 Å². The van der Waals surface area contributed by atoms with E-state index < -0.39 is 10.0 Å². The molecule has 4 N–H and O–H groups in total. The molecule has 18 heavy (non-hydrogen) atoms. The summed E-state index contributed by atoms with van der Waals surface area (Å²) in [6.07, 6.45) is 3.57. The lowest BCUT2D eigenvalue weighted by atomic mass is 10.3. The number of rotatable bonds is 3. The normalized spacial score (nSPS) is 11.7. The number of anilines is 1. The summed E-state index contributed by atoms with van der Waals surface area (Å²) in [7, 11) is -1.95. The maximum absolute atomic E-state index is 11.2. The van der Waals surface area contributed by atoms with Crippen molar-refractivity contribution in [3.63, 3.8) is 0 Å². The average molecular weight is 284 g/mol. The fourth-order valence-electron chi connectivity index (χ4n) is 1.44. The number of nitrogens with zero attached hydrogens (tertiary/aromatic N) is 2. The van der Waals surface area contributed by atoms with Gasteiger partial charge in [-0.25, -0.2) is 13.6 Å². The summed E-state index contributed by atoms with van der Waals surface area (Å²) in [5.41, 5.74) is 5.82. The van der Waals surface area contributed by atoms with E-state index in [9.17, 15) is 8.42 Å². The Hall–Kier alpha value is -1.51. The molecule has 0 fully saturated rings. The van der Waals surface area contributed by atoms with Crippen molar-refractivity contribution in [2.24, 2.45) is 12.2 Å². The minimum Gasteiger partial charge on any atom is -0.398 e. The Balaban J connectivity index is 2.30. The van der Waals surface area contributed by atoms with Gasteiger partial charge in [0.15, 0.2) is 0 Å². The van der Waals surface area contributed by atoms with Crippen LogP contribution < -0.4 is 10.9 Å². The van der Waals surface area contributed by atoms with Crippen molar-refractivity contribution in [2.45, 2.75) is 14.7 Å². The molecule has 0 aliphatic rings. The molecule has 0 aliphatic heterocycles. The summed E-state index contributed by atoms with van der Waals surface area (Å²) in [6.45, 7) is 0. The molecule has 0 radical (unpaired) electrons. The average Bonchev–Trinajstić information content (AvgIpc) is 2.62. The van der Waals surface area contributed by atoms with Gasteiger partial charge in [0, 0.05) is 18.1 Å². The Labute approximate surface area is 109 Å². The van der Waals surface area contributed by atoms with Gasteiger partial charge in [0.2, 0.25) is 10.0 Å². The lowest BCUT2D eigenvalue weighted by Gasteiger charge is -2.05. The third-order valence-corrected chi connectivity index (χ3v) is 4.13. The number of hydrogen-bond acceptors (Lipinski definition) is 5. The second-order valence-electron chi connectivity index (χ2n) is 3.70. The highest BCUT2D eigenvalue weighted by atomic mass is 32.2. The molecular weight excluding hydrogens is 272 g/mol. The van der Waals surface area contributed by atoms with Gasteiger partial charge in [0.1, 0.15) is 4.90 Å². The number of aromatic nitrogens is 2. The predicted molar refractivity (Wildman–Crippen MR) is 69.6 cm³/mol. The molecule has 1 heterocycles. The number of nitrogens with two attached hydrogens (primary N) is 2. The molecule has 0 amide bonds. The molecule has 0 saturated carbocycles. The Morgan fingerprint density at radius 1 is 1.33 bits per heavy atom. The van der Waals surface area contributed by atoms with Gasteiger partial charge in [-0.1, -0.05) is 11.8 Å². The monoisotopic (exact) mass is 284 g/mol. The van der Waals surface area contributed by atoms with E-state index in [-0.39, 0.29) is 10.6 Å². The number of aryl methyl sites for hydroxylation is 1. The van der Waals surface area contributed by atoms with Crippen LogP contribution in [0.15, 0.2) is 45.3 Å². The second-order valence-corrected chi connectivity index (χ2v) is 6.37. The van der Waals surface area contributed by atoms with E-state index >= 15 is 0 Å². The van der Waals surface area contributed by atoms with Crippen molar-refractivity contribution in [3.05, 3.63) is 30.6 Å². The molecule has 0 bridgehead atoms. The molecule has 6 nitrogen and oxygen atoms in total. The van der Waals surface area contributed by atoms with Crippen LogP contribution in [0.3, 0.4) is 0 Å². The highest BCUT2D eigenvalue weighted by molar-refractivity contribution is 7.99.